The minimum Gasteiger partial charge on any atom is -0.392 e. The molecule has 0 saturated carbocycles. The molecule has 0 fully saturated rings. The van der Waals surface area contributed by atoms with E-state index < -0.39 is 11.6 Å². The lowest BCUT2D eigenvalue weighted by atomic mass is 9.99. The van der Waals surface area contributed by atoms with Crippen LogP contribution in [0.25, 0.3) is 0 Å². The molecular weight excluding hydrogens is 287 g/mol. The summed E-state index contributed by atoms with van der Waals surface area (Å²) in [5.41, 5.74) is -0.158. The quantitative estimate of drug-likeness (QED) is 0.784. The lowest BCUT2D eigenvalue weighted by Gasteiger charge is -2.29. The van der Waals surface area contributed by atoms with E-state index in [1.165, 1.54) is 0 Å². The van der Waals surface area contributed by atoms with E-state index in [1.807, 2.05) is 13.8 Å². The fraction of sp³-hybridized carbons (Fsp3) is 0.462. The number of hydrogen-bond donors (Lipinski definition) is 3. The number of hydrogen-bond acceptors (Lipinski definition) is 3. The van der Waals surface area contributed by atoms with E-state index in [0.29, 0.717) is 15.7 Å². The summed E-state index contributed by atoms with van der Waals surface area (Å²) in [6, 6.07) is 5.00. The van der Waals surface area contributed by atoms with Crippen molar-refractivity contribution in [3.63, 3.8) is 0 Å². The molecule has 0 aliphatic carbocycles. The molecule has 4 nitrogen and oxygen atoms in total. The van der Waals surface area contributed by atoms with Gasteiger partial charge in [0.25, 0.3) is 0 Å². The number of anilines is 1. The lowest BCUT2D eigenvalue weighted by molar-refractivity contribution is -0.115. The minimum absolute atomic E-state index is 0.0550. The summed E-state index contributed by atoms with van der Waals surface area (Å²) in [4.78, 5) is 11.8. The van der Waals surface area contributed by atoms with Crippen LogP contribution < -0.4 is 10.6 Å². The Bertz CT molecular complexity index is 442. The number of carbonyl (C=O) groups is 1. The van der Waals surface area contributed by atoms with Crippen LogP contribution in [0.4, 0.5) is 5.69 Å². The average Bonchev–Trinajstić information content (AvgIpc) is 2.31. The summed E-state index contributed by atoms with van der Waals surface area (Å²) in [6.45, 7) is 5.34. The van der Waals surface area contributed by atoms with Crippen molar-refractivity contribution in [2.24, 2.45) is 0 Å². The number of para-hydroxylation sites is 1. The van der Waals surface area contributed by atoms with Gasteiger partial charge in [-0.1, -0.05) is 29.3 Å². The molecule has 1 amide bonds. The van der Waals surface area contributed by atoms with Crippen molar-refractivity contribution in [1.82, 2.24) is 5.32 Å². The Morgan fingerprint density at radius 2 is 1.89 bits per heavy atom. The molecule has 0 aromatic heterocycles. The summed E-state index contributed by atoms with van der Waals surface area (Å²) in [6.07, 6.45) is -0.579. The Hall–Kier alpha value is -0.810. The van der Waals surface area contributed by atoms with Crippen LogP contribution in [-0.2, 0) is 4.79 Å². The van der Waals surface area contributed by atoms with Gasteiger partial charge in [0, 0.05) is 5.54 Å². The van der Waals surface area contributed by atoms with Gasteiger partial charge >= 0.3 is 0 Å². The third-order valence-corrected chi connectivity index (χ3v) is 3.61. The van der Waals surface area contributed by atoms with Gasteiger partial charge in [0.15, 0.2) is 0 Å². The lowest BCUT2D eigenvalue weighted by Crippen LogP contribution is -2.50. The van der Waals surface area contributed by atoms with Gasteiger partial charge in [0.2, 0.25) is 5.91 Å². The van der Waals surface area contributed by atoms with Crippen LogP contribution in [0.1, 0.15) is 20.8 Å². The molecule has 0 aliphatic rings. The van der Waals surface area contributed by atoms with Crippen LogP contribution >= 0.6 is 23.2 Å². The number of aliphatic hydroxyl groups excluding tert-OH is 1. The van der Waals surface area contributed by atoms with Crippen LogP contribution in [0.5, 0.6) is 0 Å². The van der Waals surface area contributed by atoms with Gasteiger partial charge in [0.1, 0.15) is 0 Å². The smallest absolute Gasteiger partial charge is 0.238 e. The average molecular weight is 305 g/mol. The van der Waals surface area contributed by atoms with E-state index in [4.69, 9.17) is 23.2 Å². The molecule has 0 saturated heterocycles. The van der Waals surface area contributed by atoms with Crippen molar-refractivity contribution < 1.29 is 9.90 Å². The van der Waals surface area contributed by atoms with Gasteiger partial charge in [0.05, 0.1) is 28.4 Å². The van der Waals surface area contributed by atoms with Crippen LogP contribution in [0, 0.1) is 0 Å². The van der Waals surface area contributed by atoms with Gasteiger partial charge in [-0.3, -0.25) is 4.79 Å². The molecule has 1 atom stereocenters. The third-order valence-electron chi connectivity index (χ3n) is 2.98. The van der Waals surface area contributed by atoms with E-state index >= 15 is 0 Å². The maximum atomic E-state index is 11.8. The first-order chi connectivity index (χ1) is 8.74. The van der Waals surface area contributed by atoms with Crippen LogP contribution in [-0.4, -0.2) is 29.2 Å². The summed E-state index contributed by atoms with van der Waals surface area (Å²) >= 11 is 11.9. The topological polar surface area (TPSA) is 61.4 Å². The van der Waals surface area contributed by atoms with Crippen molar-refractivity contribution in [2.75, 3.05) is 11.9 Å². The van der Waals surface area contributed by atoms with Crippen molar-refractivity contribution in [3.8, 4) is 0 Å². The molecule has 0 heterocycles. The molecule has 0 bridgehead atoms. The predicted molar refractivity (Wildman–Crippen MR) is 78.9 cm³/mol. The maximum Gasteiger partial charge on any atom is 0.238 e. The molecule has 3 N–H and O–H groups in total. The standard InChI is InChI=1S/C13H18Cl2N2O2/c1-8(18)13(2,3)16-7-11(19)17-12-9(14)5-4-6-10(12)15/h4-6,8,16,18H,7H2,1-3H3,(H,17,19). The number of rotatable bonds is 5. The highest BCUT2D eigenvalue weighted by molar-refractivity contribution is 6.39. The second kappa shape index (κ2) is 6.57. The highest BCUT2D eigenvalue weighted by Gasteiger charge is 2.24. The second-order valence-electron chi connectivity index (χ2n) is 4.90. The Balaban J connectivity index is 2.62. The molecule has 19 heavy (non-hydrogen) atoms. The van der Waals surface area contributed by atoms with Crippen molar-refractivity contribution in [2.45, 2.75) is 32.4 Å². The Morgan fingerprint density at radius 3 is 2.37 bits per heavy atom. The third kappa shape index (κ3) is 4.66. The molecule has 0 radical (unpaired) electrons. The van der Waals surface area contributed by atoms with Crippen LogP contribution in [0.3, 0.4) is 0 Å². The van der Waals surface area contributed by atoms with E-state index in [2.05, 4.69) is 10.6 Å². The zero-order chi connectivity index (χ0) is 14.6. The Labute approximate surface area is 123 Å². The van der Waals surface area contributed by atoms with Crippen LogP contribution in [0.15, 0.2) is 18.2 Å². The molecule has 1 rings (SSSR count). The number of amides is 1. The van der Waals surface area contributed by atoms with E-state index in [-0.39, 0.29) is 12.5 Å². The first-order valence-corrected chi connectivity index (χ1v) is 6.66. The monoisotopic (exact) mass is 304 g/mol. The number of aliphatic hydroxyl groups is 1. The van der Waals surface area contributed by atoms with Crippen molar-refractivity contribution in [1.29, 1.82) is 0 Å². The summed E-state index contributed by atoms with van der Waals surface area (Å²) < 4.78 is 0. The Kier molecular flexibility index (Phi) is 5.62. The summed E-state index contributed by atoms with van der Waals surface area (Å²) in [5, 5.41) is 15.9. The predicted octanol–water partition coefficient (Wildman–Crippen LogP) is 2.68. The summed E-state index contributed by atoms with van der Waals surface area (Å²) in [5.74, 6) is -0.274. The maximum absolute atomic E-state index is 11.8. The summed E-state index contributed by atoms with van der Waals surface area (Å²) in [7, 11) is 0. The number of nitrogens with one attached hydrogen (secondary N) is 2. The van der Waals surface area contributed by atoms with Crippen LogP contribution in [0.2, 0.25) is 10.0 Å². The highest BCUT2D eigenvalue weighted by Crippen LogP contribution is 2.29. The first-order valence-electron chi connectivity index (χ1n) is 5.91. The van der Waals surface area contributed by atoms with Gasteiger partial charge in [-0.15, -0.1) is 0 Å². The minimum atomic E-state index is -0.579. The largest absolute Gasteiger partial charge is 0.392 e. The SMILES string of the molecule is CC(O)C(C)(C)NCC(=O)Nc1c(Cl)cccc1Cl. The highest BCUT2D eigenvalue weighted by atomic mass is 35.5. The fourth-order valence-corrected chi connectivity index (χ4v) is 1.75. The van der Waals surface area contributed by atoms with Gasteiger partial charge < -0.3 is 15.7 Å². The molecule has 1 aromatic rings. The molecule has 6 heteroatoms. The van der Waals surface area contributed by atoms with Crippen molar-refractivity contribution >= 4 is 34.8 Å². The second-order valence-corrected chi connectivity index (χ2v) is 5.71. The van der Waals surface area contributed by atoms with E-state index in [0.717, 1.165) is 0 Å². The van der Waals surface area contributed by atoms with E-state index in [1.54, 1.807) is 25.1 Å². The van der Waals surface area contributed by atoms with Gasteiger partial charge in [-0.2, -0.15) is 0 Å². The van der Waals surface area contributed by atoms with Crippen molar-refractivity contribution in [3.05, 3.63) is 28.2 Å². The zero-order valence-electron chi connectivity index (χ0n) is 11.1. The molecular formula is C13H18Cl2N2O2. The normalized spacial score (nSPS) is 13.2. The molecule has 1 aromatic carbocycles. The first kappa shape index (κ1) is 16.2. The fourth-order valence-electron chi connectivity index (χ4n) is 1.26. The van der Waals surface area contributed by atoms with E-state index in [9.17, 15) is 9.90 Å². The van der Waals surface area contributed by atoms with Gasteiger partial charge in [-0.05, 0) is 32.9 Å². The zero-order valence-corrected chi connectivity index (χ0v) is 12.6. The van der Waals surface area contributed by atoms with Gasteiger partial charge in [-0.25, -0.2) is 0 Å². The molecule has 1 unspecified atom stereocenters. The molecule has 0 spiro atoms. The number of halogens is 2. The molecule has 106 valence electrons. The Morgan fingerprint density at radius 1 is 1.37 bits per heavy atom. The number of carbonyl (C=O) groups excluding carboxylic acids is 1. The molecule has 0 aliphatic heterocycles. The number of benzene rings is 1.